The minimum atomic E-state index is -0.487. The van der Waals surface area contributed by atoms with Crippen molar-refractivity contribution in [1.82, 2.24) is 4.57 Å². The zero-order chi connectivity index (χ0) is 31.6. The van der Waals surface area contributed by atoms with Gasteiger partial charge in [-0.2, -0.15) is 0 Å². The van der Waals surface area contributed by atoms with Crippen molar-refractivity contribution in [3.8, 4) is 40.6 Å². The number of ether oxygens (including phenoxy) is 6. The summed E-state index contributed by atoms with van der Waals surface area (Å²) in [7, 11) is 4.84. The molecule has 5 rings (SSSR count). The molecule has 9 heteroatoms. The maximum absolute atomic E-state index is 13.0. The normalized spacial score (nSPS) is 10.5. The summed E-state index contributed by atoms with van der Waals surface area (Å²) < 4.78 is 35.9. The van der Waals surface area contributed by atoms with E-state index in [4.69, 9.17) is 40.0 Å². The predicted molar refractivity (Wildman–Crippen MR) is 173 cm³/mol. The Morgan fingerprint density at radius 3 is 1.98 bits per heavy atom. The van der Waals surface area contributed by atoms with E-state index in [1.807, 2.05) is 66.7 Å². The smallest absolute Gasteiger partial charge is 0.338 e. The molecule has 0 spiro atoms. The van der Waals surface area contributed by atoms with Gasteiger partial charge in [-0.15, -0.1) is 0 Å². The van der Waals surface area contributed by atoms with Crippen LogP contribution in [0.15, 0.2) is 91.0 Å². The van der Waals surface area contributed by atoms with Gasteiger partial charge in [-0.1, -0.05) is 29.5 Å². The number of methoxy groups -OCH3 is 3. The fraction of sp³-hybridized carbons (Fsp3) is 0.194. The van der Waals surface area contributed by atoms with Crippen LogP contribution < -0.4 is 23.7 Å². The average Bonchev–Trinajstić information content (AvgIpc) is 3.37. The maximum Gasteiger partial charge on any atom is 0.338 e. The molecule has 0 fully saturated rings. The largest absolute Gasteiger partial charge is 0.497 e. The number of fused-ring (bicyclic) bond motifs is 1. The Hall–Kier alpha value is -5.26. The van der Waals surface area contributed by atoms with Gasteiger partial charge in [0.15, 0.2) is 0 Å². The fourth-order valence-electron chi connectivity index (χ4n) is 4.73. The van der Waals surface area contributed by atoms with Crippen molar-refractivity contribution in [2.45, 2.75) is 19.8 Å². The van der Waals surface area contributed by atoms with E-state index in [1.165, 1.54) is 0 Å². The molecule has 8 nitrogen and oxygen atoms in total. The summed E-state index contributed by atoms with van der Waals surface area (Å²) in [5, 5.41) is 1.31. The predicted octanol–water partition coefficient (Wildman–Crippen LogP) is 7.34. The van der Waals surface area contributed by atoms with Gasteiger partial charge in [-0.3, -0.25) is 0 Å². The molecule has 0 amide bonds. The van der Waals surface area contributed by atoms with Crippen LogP contribution in [-0.4, -0.2) is 38.5 Å². The van der Waals surface area contributed by atoms with Gasteiger partial charge in [0.05, 0.1) is 39.1 Å². The molecule has 0 radical (unpaired) electrons. The average molecular weight is 626 g/mol. The molecule has 1 aromatic heterocycles. The number of halogens is 1. The molecular weight excluding hydrogens is 594 g/mol. The lowest BCUT2D eigenvalue weighted by Crippen LogP contribution is -2.10. The molecule has 1 heterocycles. The van der Waals surface area contributed by atoms with Gasteiger partial charge in [0.2, 0.25) is 0 Å². The minimum absolute atomic E-state index is 0.00265. The molecule has 0 atom stereocenters. The first-order valence-electron chi connectivity index (χ1n) is 14.1. The Morgan fingerprint density at radius 1 is 0.711 bits per heavy atom. The van der Waals surface area contributed by atoms with E-state index in [1.54, 1.807) is 45.6 Å². The lowest BCUT2D eigenvalue weighted by Gasteiger charge is -2.13. The summed E-state index contributed by atoms with van der Waals surface area (Å²) in [5.41, 5.74) is 2.84. The summed E-state index contributed by atoms with van der Waals surface area (Å²) in [6.07, 6.45) is 0. The Bertz CT molecular complexity index is 1820. The van der Waals surface area contributed by atoms with E-state index in [0.29, 0.717) is 34.4 Å². The molecular formula is C36H32ClNO7. The lowest BCUT2D eigenvalue weighted by atomic mass is 10.1. The molecule has 0 aliphatic carbocycles. The summed E-state index contributed by atoms with van der Waals surface area (Å²) in [6, 6.07) is 27.1. The van der Waals surface area contributed by atoms with Crippen LogP contribution in [0.4, 0.5) is 0 Å². The van der Waals surface area contributed by atoms with Crippen LogP contribution in [-0.2, 0) is 24.5 Å². The number of aromatic nitrogens is 1. The van der Waals surface area contributed by atoms with Gasteiger partial charge in [-0.05, 0) is 84.9 Å². The Labute approximate surface area is 266 Å². The van der Waals surface area contributed by atoms with Gasteiger partial charge in [0, 0.05) is 21.5 Å². The zero-order valence-electron chi connectivity index (χ0n) is 25.2. The second-order valence-electron chi connectivity index (χ2n) is 9.76. The quantitative estimate of drug-likeness (QED) is 0.106. The van der Waals surface area contributed by atoms with E-state index in [-0.39, 0.29) is 19.8 Å². The molecule has 5 aromatic rings. The topological polar surface area (TPSA) is 77.4 Å². The maximum atomic E-state index is 13.0. The Morgan fingerprint density at radius 2 is 1.33 bits per heavy atom. The number of carbonyl (C=O) groups is 1. The first-order valence-corrected chi connectivity index (χ1v) is 14.5. The highest BCUT2D eigenvalue weighted by Crippen LogP contribution is 2.32. The van der Waals surface area contributed by atoms with E-state index in [2.05, 4.69) is 16.4 Å². The summed E-state index contributed by atoms with van der Waals surface area (Å²) >= 11 is 6.11. The van der Waals surface area contributed by atoms with Crippen molar-refractivity contribution in [2.75, 3.05) is 27.9 Å². The Balaban J connectivity index is 1.44. The van der Waals surface area contributed by atoms with Crippen LogP contribution in [0.3, 0.4) is 0 Å². The highest BCUT2D eigenvalue weighted by molar-refractivity contribution is 6.30. The summed E-state index contributed by atoms with van der Waals surface area (Å²) in [6.45, 7) is 0.744. The van der Waals surface area contributed by atoms with Crippen LogP contribution in [0.1, 0.15) is 21.6 Å². The van der Waals surface area contributed by atoms with Gasteiger partial charge in [0.1, 0.15) is 48.6 Å². The number of esters is 1. The monoisotopic (exact) mass is 625 g/mol. The third-order valence-electron chi connectivity index (χ3n) is 7.07. The number of rotatable bonds is 12. The van der Waals surface area contributed by atoms with Crippen molar-refractivity contribution in [3.05, 3.63) is 113 Å². The van der Waals surface area contributed by atoms with Crippen LogP contribution in [0.25, 0.3) is 10.9 Å². The third kappa shape index (κ3) is 7.83. The van der Waals surface area contributed by atoms with Crippen molar-refractivity contribution >= 4 is 28.5 Å². The Kier molecular flexibility index (Phi) is 10.4. The van der Waals surface area contributed by atoms with Crippen LogP contribution in [0.2, 0.25) is 5.02 Å². The molecule has 45 heavy (non-hydrogen) atoms. The fourth-order valence-corrected chi connectivity index (χ4v) is 4.92. The van der Waals surface area contributed by atoms with Crippen LogP contribution in [0.5, 0.6) is 28.7 Å². The van der Waals surface area contributed by atoms with E-state index >= 15 is 0 Å². The number of carbonyl (C=O) groups excluding carboxylic acids is 1. The molecule has 0 aliphatic heterocycles. The highest BCUT2D eigenvalue weighted by atomic mass is 35.5. The van der Waals surface area contributed by atoms with Crippen LogP contribution >= 0.6 is 11.6 Å². The molecule has 0 saturated carbocycles. The second kappa shape index (κ2) is 15.0. The summed E-state index contributed by atoms with van der Waals surface area (Å²) in [4.78, 5) is 13.0. The van der Waals surface area contributed by atoms with E-state index in [9.17, 15) is 4.79 Å². The molecule has 230 valence electrons. The van der Waals surface area contributed by atoms with Crippen molar-refractivity contribution in [3.63, 3.8) is 0 Å². The molecule has 0 bridgehead atoms. The van der Waals surface area contributed by atoms with Gasteiger partial charge in [0.25, 0.3) is 0 Å². The SMILES string of the molecule is COc1ccc(OCC#CCn2c(COc3ccc(OC)cc3)c(COC(=O)c3cccc(Cl)c3)c3cc(OC)ccc32)cc1. The van der Waals surface area contributed by atoms with Crippen molar-refractivity contribution in [2.24, 2.45) is 0 Å². The number of nitrogens with zero attached hydrogens (tertiary/aromatic N) is 1. The number of hydrogen-bond acceptors (Lipinski definition) is 7. The van der Waals surface area contributed by atoms with Crippen LogP contribution in [0, 0.1) is 11.8 Å². The molecule has 0 saturated heterocycles. The standard InChI is InChI=1S/C36H32ClNO7/c1-40-27-9-13-29(14-10-27)43-20-5-4-19-38-34-18-17-31(42-3)22-32(34)33(23-45-36(39)25-7-6-8-26(37)21-25)35(38)24-44-30-15-11-28(41-2)12-16-30/h6-18,21-22H,19-20,23-24H2,1-3H3. The number of benzene rings is 4. The number of hydrogen-bond donors (Lipinski definition) is 0. The zero-order valence-corrected chi connectivity index (χ0v) is 25.9. The molecule has 0 aliphatic rings. The second-order valence-corrected chi connectivity index (χ2v) is 10.2. The van der Waals surface area contributed by atoms with Gasteiger partial charge < -0.3 is 33.0 Å². The van der Waals surface area contributed by atoms with Crippen molar-refractivity contribution < 1.29 is 33.2 Å². The first-order chi connectivity index (χ1) is 22.0. The lowest BCUT2D eigenvalue weighted by molar-refractivity contribution is 0.0472. The first kappa shape index (κ1) is 31.2. The molecule has 4 aromatic carbocycles. The minimum Gasteiger partial charge on any atom is -0.497 e. The van der Waals surface area contributed by atoms with Crippen molar-refractivity contribution in [1.29, 1.82) is 0 Å². The highest BCUT2D eigenvalue weighted by Gasteiger charge is 2.20. The van der Waals surface area contributed by atoms with E-state index in [0.717, 1.165) is 33.7 Å². The van der Waals surface area contributed by atoms with E-state index < -0.39 is 5.97 Å². The third-order valence-corrected chi connectivity index (χ3v) is 7.30. The molecule has 0 N–H and O–H groups in total. The summed E-state index contributed by atoms with van der Waals surface area (Å²) in [5.74, 6) is 9.33. The molecule has 0 unspecified atom stereocenters. The van der Waals surface area contributed by atoms with Gasteiger partial charge >= 0.3 is 5.97 Å². The van der Waals surface area contributed by atoms with Gasteiger partial charge in [-0.25, -0.2) is 4.79 Å².